The Morgan fingerprint density at radius 2 is 2.00 bits per heavy atom. The summed E-state index contributed by atoms with van der Waals surface area (Å²) in [5.74, 6) is -1.11. The van der Waals surface area contributed by atoms with Crippen molar-refractivity contribution in [1.29, 1.82) is 0 Å². The zero-order chi connectivity index (χ0) is 15.5. The van der Waals surface area contributed by atoms with Crippen LogP contribution in [0.15, 0.2) is 43.0 Å². The lowest BCUT2D eigenvalue weighted by Gasteiger charge is -2.15. The van der Waals surface area contributed by atoms with Crippen molar-refractivity contribution in [2.24, 2.45) is 0 Å². The maximum absolute atomic E-state index is 11.7. The fourth-order valence-corrected chi connectivity index (χ4v) is 1.62. The highest BCUT2D eigenvalue weighted by atomic mass is 16.5. The second-order valence-corrected chi connectivity index (χ2v) is 4.27. The van der Waals surface area contributed by atoms with Crippen molar-refractivity contribution < 1.29 is 19.4 Å². The number of nitrogens with one attached hydrogen (secondary N) is 2. The lowest BCUT2D eigenvalue weighted by Crippen LogP contribution is -2.42. The first-order valence-corrected chi connectivity index (χ1v) is 6.66. The monoisotopic (exact) mass is 292 g/mol. The van der Waals surface area contributed by atoms with Gasteiger partial charge in [-0.15, -0.1) is 6.58 Å². The quantitative estimate of drug-likeness (QED) is 0.477. The van der Waals surface area contributed by atoms with Gasteiger partial charge in [0.1, 0.15) is 0 Å². The summed E-state index contributed by atoms with van der Waals surface area (Å²) >= 11 is 0. The Labute approximate surface area is 123 Å². The second kappa shape index (κ2) is 9.55. The molecule has 6 nitrogen and oxygen atoms in total. The molecule has 0 aliphatic rings. The average molecular weight is 292 g/mol. The van der Waals surface area contributed by atoms with Crippen LogP contribution in [0.1, 0.15) is 18.0 Å². The third-order valence-corrected chi connectivity index (χ3v) is 2.65. The van der Waals surface area contributed by atoms with Crippen molar-refractivity contribution in [3.8, 4) is 0 Å². The molecule has 0 unspecified atom stereocenters. The van der Waals surface area contributed by atoms with Crippen molar-refractivity contribution >= 4 is 12.0 Å². The van der Waals surface area contributed by atoms with E-state index in [-0.39, 0.29) is 0 Å². The number of carboxylic acid groups (broad SMARTS) is 1. The minimum atomic E-state index is -1.11. The summed E-state index contributed by atoms with van der Waals surface area (Å²) in [6, 6.07) is 6.90. The van der Waals surface area contributed by atoms with Crippen LogP contribution in [0.5, 0.6) is 0 Å². The van der Waals surface area contributed by atoms with Crippen LogP contribution < -0.4 is 10.6 Å². The summed E-state index contributed by atoms with van der Waals surface area (Å²) in [5, 5.41) is 14.1. The summed E-state index contributed by atoms with van der Waals surface area (Å²) in [6.45, 7) is 4.79. The minimum absolute atomic E-state index is 0.310. The predicted molar refractivity (Wildman–Crippen MR) is 79.0 cm³/mol. The highest BCUT2D eigenvalue weighted by Crippen LogP contribution is 2.12. The van der Waals surface area contributed by atoms with Gasteiger partial charge in [0.05, 0.1) is 13.2 Å². The number of urea groups is 1. The molecule has 0 aromatic heterocycles. The van der Waals surface area contributed by atoms with Crippen LogP contribution in [0.3, 0.4) is 0 Å². The summed E-state index contributed by atoms with van der Waals surface area (Å²) < 4.78 is 5.23. The number of ether oxygens (including phenoxy) is 1. The van der Waals surface area contributed by atoms with Gasteiger partial charge in [0.2, 0.25) is 0 Å². The molecule has 0 aliphatic heterocycles. The van der Waals surface area contributed by atoms with Crippen LogP contribution in [-0.4, -0.2) is 36.9 Å². The normalized spacial score (nSPS) is 11.4. The molecular formula is C15H20N2O4. The molecule has 0 bridgehead atoms. The van der Waals surface area contributed by atoms with E-state index in [0.29, 0.717) is 25.3 Å². The van der Waals surface area contributed by atoms with E-state index < -0.39 is 18.0 Å². The molecule has 0 spiro atoms. The molecule has 0 saturated carbocycles. The van der Waals surface area contributed by atoms with Crippen LogP contribution in [-0.2, 0) is 9.53 Å². The lowest BCUT2D eigenvalue weighted by atomic mass is 10.1. The molecule has 1 atom stereocenters. The van der Waals surface area contributed by atoms with E-state index in [1.807, 2.05) is 0 Å². The molecule has 1 rings (SSSR count). The molecule has 2 amide bonds. The maximum atomic E-state index is 11.7. The molecule has 6 heteroatoms. The highest BCUT2D eigenvalue weighted by molar-refractivity contribution is 5.83. The number of rotatable bonds is 9. The highest BCUT2D eigenvalue weighted by Gasteiger charge is 2.21. The molecule has 3 N–H and O–H groups in total. The van der Waals surface area contributed by atoms with E-state index in [9.17, 15) is 9.59 Å². The number of benzene rings is 1. The van der Waals surface area contributed by atoms with Crippen molar-refractivity contribution in [2.75, 3.05) is 19.8 Å². The summed E-state index contributed by atoms with van der Waals surface area (Å²) in [4.78, 5) is 22.9. The standard InChI is InChI=1S/C15H20N2O4/c1-2-3-10-21-11-9-16-15(20)17-13(14(18)19)12-7-5-4-6-8-12/h2,4-8,13H,1,3,9-11H2,(H,18,19)(H2,16,17,20)/t13-/m0/s1. The average Bonchev–Trinajstić information content (AvgIpc) is 2.49. The van der Waals surface area contributed by atoms with Gasteiger partial charge < -0.3 is 20.5 Å². The van der Waals surface area contributed by atoms with Crippen LogP contribution in [0.25, 0.3) is 0 Å². The van der Waals surface area contributed by atoms with Crippen LogP contribution in [0, 0.1) is 0 Å². The molecule has 0 aliphatic carbocycles. The SMILES string of the molecule is C=CCCOCCNC(=O)N[C@H](C(=O)O)c1ccccc1. The van der Waals surface area contributed by atoms with Gasteiger partial charge in [-0.05, 0) is 12.0 Å². The lowest BCUT2D eigenvalue weighted by molar-refractivity contribution is -0.139. The van der Waals surface area contributed by atoms with E-state index >= 15 is 0 Å². The molecule has 114 valence electrons. The fraction of sp³-hybridized carbons (Fsp3) is 0.333. The molecule has 0 fully saturated rings. The smallest absolute Gasteiger partial charge is 0.330 e. The molecule has 21 heavy (non-hydrogen) atoms. The molecule has 0 saturated heterocycles. The molecule has 1 aromatic rings. The Morgan fingerprint density at radius 1 is 1.29 bits per heavy atom. The Kier molecular flexibility index (Phi) is 7.60. The van der Waals surface area contributed by atoms with Gasteiger partial charge >= 0.3 is 12.0 Å². The molecular weight excluding hydrogens is 272 g/mol. The Bertz CT molecular complexity index is 462. The van der Waals surface area contributed by atoms with Gasteiger partial charge in [0, 0.05) is 6.54 Å². The molecule has 0 radical (unpaired) electrons. The second-order valence-electron chi connectivity index (χ2n) is 4.27. The Morgan fingerprint density at radius 3 is 2.62 bits per heavy atom. The number of hydrogen-bond acceptors (Lipinski definition) is 3. The maximum Gasteiger partial charge on any atom is 0.330 e. The van der Waals surface area contributed by atoms with E-state index in [0.717, 1.165) is 6.42 Å². The van der Waals surface area contributed by atoms with Crippen LogP contribution >= 0.6 is 0 Å². The topological polar surface area (TPSA) is 87.7 Å². The first kappa shape index (κ1) is 16.7. The van der Waals surface area contributed by atoms with Crippen molar-refractivity contribution in [3.05, 3.63) is 48.6 Å². The van der Waals surface area contributed by atoms with E-state index in [1.54, 1.807) is 36.4 Å². The summed E-state index contributed by atoms with van der Waals surface area (Å²) in [6.07, 6.45) is 2.50. The summed E-state index contributed by atoms with van der Waals surface area (Å²) in [7, 11) is 0. The number of carbonyl (C=O) groups is 2. The number of aliphatic carboxylic acids is 1. The van der Waals surface area contributed by atoms with Crippen molar-refractivity contribution in [1.82, 2.24) is 10.6 Å². The minimum Gasteiger partial charge on any atom is -0.479 e. The fourth-order valence-electron chi connectivity index (χ4n) is 1.62. The van der Waals surface area contributed by atoms with Gasteiger partial charge in [0.15, 0.2) is 6.04 Å². The van der Waals surface area contributed by atoms with Crippen LogP contribution in [0.2, 0.25) is 0 Å². The number of hydrogen-bond donors (Lipinski definition) is 3. The number of carbonyl (C=O) groups excluding carboxylic acids is 1. The Hall–Kier alpha value is -2.34. The van der Waals surface area contributed by atoms with Gasteiger partial charge in [-0.2, -0.15) is 0 Å². The van der Waals surface area contributed by atoms with Crippen molar-refractivity contribution in [3.63, 3.8) is 0 Å². The number of amides is 2. The van der Waals surface area contributed by atoms with E-state index in [4.69, 9.17) is 9.84 Å². The predicted octanol–water partition coefficient (Wildman–Crippen LogP) is 1.70. The molecule has 0 heterocycles. The van der Waals surface area contributed by atoms with Gasteiger partial charge in [0.25, 0.3) is 0 Å². The van der Waals surface area contributed by atoms with Crippen LogP contribution in [0.4, 0.5) is 4.79 Å². The van der Waals surface area contributed by atoms with Crippen molar-refractivity contribution in [2.45, 2.75) is 12.5 Å². The number of carboxylic acids is 1. The van der Waals surface area contributed by atoms with Gasteiger partial charge in [-0.1, -0.05) is 36.4 Å². The van der Waals surface area contributed by atoms with E-state index in [1.165, 1.54) is 0 Å². The Balaban J connectivity index is 2.37. The first-order valence-electron chi connectivity index (χ1n) is 6.66. The zero-order valence-electron chi connectivity index (χ0n) is 11.7. The van der Waals surface area contributed by atoms with Gasteiger partial charge in [-0.3, -0.25) is 0 Å². The third-order valence-electron chi connectivity index (χ3n) is 2.65. The third kappa shape index (κ3) is 6.58. The largest absolute Gasteiger partial charge is 0.479 e. The first-order chi connectivity index (χ1) is 10.1. The zero-order valence-corrected chi connectivity index (χ0v) is 11.7. The molecule has 1 aromatic carbocycles. The summed E-state index contributed by atoms with van der Waals surface area (Å²) in [5.41, 5.74) is 0.516. The van der Waals surface area contributed by atoms with E-state index in [2.05, 4.69) is 17.2 Å². The van der Waals surface area contributed by atoms with Gasteiger partial charge in [-0.25, -0.2) is 9.59 Å².